The van der Waals surface area contributed by atoms with Crippen molar-refractivity contribution in [2.75, 3.05) is 10.6 Å². The summed E-state index contributed by atoms with van der Waals surface area (Å²) in [6, 6.07) is 11.9. The summed E-state index contributed by atoms with van der Waals surface area (Å²) in [5.74, 6) is -0.732. The topological polar surface area (TPSA) is 63.2 Å². The first-order valence-corrected chi connectivity index (χ1v) is 8.69. The lowest BCUT2D eigenvalue weighted by Crippen LogP contribution is -2.16. The fourth-order valence-corrected chi connectivity index (χ4v) is 2.96. The standard InChI is InChI=1S/C17H11ClF3N3O2S/c18-10-2-1-3-12(8-10)22-15(25)14-9-27-16(24-14)23-11-4-6-13(7-5-11)26-17(19,20)21/h1-9H,(H,22,25)(H,23,24). The summed E-state index contributed by atoms with van der Waals surface area (Å²) in [5.41, 5.74) is 1.23. The maximum atomic E-state index is 12.2. The number of thiazole rings is 1. The minimum absolute atomic E-state index is 0.194. The predicted octanol–water partition coefficient (Wildman–Crippen LogP) is 5.69. The summed E-state index contributed by atoms with van der Waals surface area (Å²) >= 11 is 7.05. The smallest absolute Gasteiger partial charge is 0.406 e. The average molecular weight is 414 g/mol. The molecule has 0 atom stereocenters. The Kier molecular flexibility index (Phi) is 5.52. The molecule has 2 N–H and O–H groups in total. The summed E-state index contributed by atoms with van der Waals surface area (Å²) in [7, 11) is 0. The van der Waals surface area contributed by atoms with E-state index < -0.39 is 12.3 Å². The van der Waals surface area contributed by atoms with Crippen molar-refractivity contribution < 1.29 is 22.7 Å². The zero-order valence-electron chi connectivity index (χ0n) is 13.4. The number of hydrogen-bond acceptors (Lipinski definition) is 5. The molecular formula is C17H11ClF3N3O2S. The summed E-state index contributed by atoms with van der Waals surface area (Å²) in [5, 5.41) is 8.05. The number of anilines is 3. The number of halogens is 4. The Labute approximate surface area is 160 Å². The molecule has 3 rings (SSSR count). The van der Waals surface area contributed by atoms with Crippen LogP contribution in [0.5, 0.6) is 5.75 Å². The molecule has 10 heteroatoms. The van der Waals surface area contributed by atoms with Gasteiger partial charge >= 0.3 is 6.36 Å². The molecule has 0 aliphatic heterocycles. The first-order valence-electron chi connectivity index (χ1n) is 7.44. The second kappa shape index (κ2) is 7.85. The highest BCUT2D eigenvalue weighted by molar-refractivity contribution is 7.14. The first-order chi connectivity index (χ1) is 12.8. The molecule has 0 saturated heterocycles. The molecule has 1 heterocycles. The molecule has 0 fully saturated rings. The number of aromatic nitrogens is 1. The van der Waals surface area contributed by atoms with E-state index in [1.807, 2.05) is 0 Å². The molecule has 0 aliphatic rings. The van der Waals surface area contributed by atoms with Gasteiger partial charge in [0, 0.05) is 21.8 Å². The van der Waals surface area contributed by atoms with Crippen LogP contribution in [0, 0.1) is 0 Å². The lowest BCUT2D eigenvalue weighted by Gasteiger charge is -2.09. The Morgan fingerprint density at radius 3 is 2.52 bits per heavy atom. The van der Waals surface area contributed by atoms with Gasteiger partial charge in [-0.1, -0.05) is 17.7 Å². The molecule has 0 bridgehead atoms. The number of rotatable bonds is 5. The van der Waals surface area contributed by atoms with Crippen LogP contribution in [-0.4, -0.2) is 17.3 Å². The molecule has 5 nitrogen and oxygen atoms in total. The van der Waals surface area contributed by atoms with E-state index in [-0.39, 0.29) is 11.4 Å². The Balaban J connectivity index is 1.63. The molecule has 1 amide bonds. The lowest BCUT2D eigenvalue weighted by molar-refractivity contribution is -0.274. The van der Waals surface area contributed by atoms with Gasteiger partial charge in [-0.3, -0.25) is 4.79 Å². The number of benzene rings is 2. The van der Waals surface area contributed by atoms with Crippen molar-refractivity contribution in [3.05, 3.63) is 64.6 Å². The lowest BCUT2D eigenvalue weighted by atomic mass is 10.3. The van der Waals surface area contributed by atoms with Gasteiger partial charge in [0.25, 0.3) is 5.91 Å². The second-order valence-corrected chi connectivity index (χ2v) is 6.49. The van der Waals surface area contributed by atoms with E-state index in [9.17, 15) is 18.0 Å². The number of nitrogens with zero attached hydrogens (tertiary/aromatic N) is 1. The molecule has 140 valence electrons. The van der Waals surface area contributed by atoms with Gasteiger partial charge in [-0.25, -0.2) is 4.98 Å². The van der Waals surface area contributed by atoms with Crippen molar-refractivity contribution >= 4 is 45.4 Å². The van der Waals surface area contributed by atoms with Crippen LogP contribution in [0.15, 0.2) is 53.9 Å². The van der Waals surface area contributed by atoms with Crippen LogP contribution in [0.2, 0.25) is 5.02 Å². The predicted molar refractivity (Wildman–Crippen MR) is 97.9 cm³/mol. The van der Waals surface area contributed by atoms with Gasteiger partial charge in [-0.05, 0) is 42.5 Å². The number of carbonyl (C=O) groups excluding carboxylic acids is 1. The highest BCUT2D eigenvalue weighted by Crippen LogP contribution is 2.26. The Morgan fingerprint density at radius 2 is 1.85 bits per heavy atom. The SMILES string of the molecule is O=C(Nc1cccc(Cl)c1)c1csc(Nc2ccc(OC(F)(F)F)cc2)n1. The normalized spacial score (nSPS) is 11.1. The van der Waals surface area contributed by atoms with E-state index >= 15 is 0 Å². The first kappa shape index (κ1) is 19.0. The van der Waals surface area contributed by atoms with E-state index in [1.165, 1.54) is 35.6 Å². The second-order valence-electron chi connectivity index (χ2n) is 5.20. The Hall–Kier alpha value is -2.78. The van der Waals surface area contributed by atoms with Crippen molar-refractivity contribution in [1.82, 2.24) is 4.98 Å². The highest BCUT2D eigenvalue weighted by Gasteiger charge is 2.30. The minimum Gasteiger partial charge on any atom is -0.406 e. The van der Waals surface area contributed by atoms with Crippen LogP contribution in [0.25, 0.3) is 0 Å². The average Bonchev–Trinajstić information content (AvgIpc) is 3.04. The Morgan fingerprint density at radius 1 is 1.11 bits per heavy atom. The third kappa shape index (κ3) is 5.60. The van der Waals surface area contributed by atoms with Gasteiger partial charge in [0.1, 0.15) is 11.4 Å². The number of carbonyl (C=O) groups is 1. The molecule has 27 heavy (non-hydrogen) atoms. The van der Waals surface area contributed by atoms with Crippen molar-refractivity contribution in [2.24, 2.45) is 0 Å². The fraction of sp³-hybridized carbons (Fsp3) is 0.0588. The van der Waals surface area contributed by atoms with Crippen LogP contribution in [-0.2, 0) is 0 Å². The maximum Gasteiger partial charge on any atom is 0.573 e. The molecule has 0 spiro atoms. The largest absolute Gasteiger partial charge is 0.573 e. The van der Waals surface area contributed by atoms with E-state index in [2.05, 4.69) is 20.4 Å². The number of nitrogens with one attached hydrogen (secondary N) is 2. The van der Waals surface area contributed by atoms with Crippen molar-refractivity contribution in [2.45, 2.75) is 6.36 Å². The van der Waals surface area contributed by atoms with Crippen LogP contribution >= 0.6 is 22.9 Å². The monoisotopic (exact) mass is 413 g/mol. The fourth-order valence-electron chi connectivity index (χ4n) is 2.06. The van der Waals surface area contributed by atoms with E-state index in [0.29, 0.717) is 21.5 Å². The summed E-state index contributed by atoms with van der Waals surface area (Å²) in [4.78, 5) is 16.4. The van der Waals surface area contributed by atoms with Gasteiger partial charge in [-0.15, -0.1) is 24.5 Å². The quantitative estimate of drug-likeness (QED) is 0.564. The molecular weight excluding hydrogens is 403 g/mol. The van der Waals surface area contributed by atoms with Crippen LogP contribution in [0.4, 0.5) is 29.7 Å². The highest BCUT2D eigenvalue weighted by atomic mass is 35.5. The van der Waals surface area contributed by atoms with Gasteiger partial charge in [-0.2, -0.15) is 0 Å². The van der Waals surface area contributed by atoms with E-state index in [0.717, 1.165) is 0 Å². The molecule has 3 aromatic rings. The number of amides is 1. The van der Waals surface area contributed by atoms with Gasteiger partial charge in [0.15, 0.2) is 5.13 Å². The zero-order chi connectivity index (χ0) is 19.4. The van der Waals surface area contributed by atoms with Crippen molar-refractivity contribution in [3.8, 4) is 5.75 Å². The van der Waals surface area contributed by atoms with Crippen molar-refractivity contribution in [1.29, 1.82) is 0 Å². The van der Waals surface area contributed by atoms with E-state index in [1.54, 1.807) is 29.6 Å². The summed E-state index contributed by atoms with van der Waals surface area (Å²) in [6.07, 6.45) is -4.74. The molecule has 1 aromatic heterocycles. The number of alkyl halides is 3. The van der Waals surface area contributed by atoms with Crippen LogP contribution in [0.3, 0.4) is 0 Å². The zero-order valence-corrected chi connectivity index (χ0v) is 15.0. The third-order valence-corrected chi connectivity index (χ3v) is 4.15. The number of hydrogen-bond donors (Lipinski definition) is 2. The summed E-state index contributed by atoms with van der Waals surface area (Å²) in [6.45, 7) is 0. The molecule has 0 aliphatic carbocycles. The molecule has 0 radical (unpaired) electrons. The molecule has 0 unspecified atom stereocenters. The Bertz CT molecular complexity index is 945. The molecule has 0 saturated carbocycles. The van der Waals surface area contributed by atoms with Crippen LogP contribution < -0.4 is 15.4 Å². The number of ether oxygens (including phenoxy) is 1. The van der Waals surface area contributed by atoms with Gasteiger partial charge < -0.3 is 15.4 Å². The minimum atomic E-state index is -4.74. The van der Waals surface area contributed by atoms with Gasteiger partial charge in [0.2, 0.25) is 0 Å². The summed E-state index contributed by atoms with van der Waals surface area (Å²) < 4.78 is 40.3. The molecule has 2 aromatic carbocycles. The van der Waals surface area contributed by atoms with Crippen molar-refractivity contribution in [3.63, 3.8) is 0 Å². The van der Waals surface area contributed by atoms with Gasteiger partial charge in [0.05, 0.1) is 0 Å². The maximum absolute atomic E-state index is 12.2. The van der Waals surface area contributed by atoms with E-state index in [4.69, 9.17) is 11.6 Å². The van der Waals surface area contributed by atoms with Crippen LogP contribution in [0.1, 0.15) is 10.5 Å². The third-order valence-electron chi connectivity index (χ3n) is 3.16.